The van der Waals surface area contributed by atoms with E-state index >= 15 is 0 Å². The Labute approximate surface area is 214 Å². The smallest absolute Gasteiger partial charge is 0.335 e. The Morgan fingerprint density at radius 3 is 0.718 bits per heavy atom. The highest BCUT2D eigenvalue weighted by Crippen LogP contribution is 2.39. The number of carboxylic acid groups (broad SMARTS) is 3. The summed E-state index contributed by atoms with van der Waals surface area (Å²) in [5, 5.41) is 27.1. The first-order valence-corrected chi connectivity index (χ1v) is 10.6. The summed E-state index contributed by atoms with van der Waals surface area (Å²) < 4.78 is 89.4. The molecule has 4 aromatic carbocycles. The second-order valence-corrected chi connectivity index (χ2v) is 8.16. The highest BCUT2D eigenvalue weighted by Gasteiger charge is 2.24. The molecular formula is C27H12F6O6. The summed E-state index contributed by atoms with van der Waals surface area (Å²) in [5.41, 5.74) is -6.63. The van der Waals surface area contributed by atoms with Crippen LogP contribution in [0.2, 0.25) is 0 Å². The number of hydrogen-bond donors (Lipinski definition) is 3. The van der Waals surface area contributed by atoms with Crippen molar-refractivity contribution < 1.29 is 56.0 Å². The van der Waals surface area contributed by atoms with E-state index in [4.69, 9.17) is 15.3 Å². The molecule has 0 radical (unpaired) electrons. The van der Waals surface area contributed by atoms with Crippen molar-refractivity contribution in [2.24, 2.45) is 0 Å². The molecule has 0 spiro atoms. The molecule has 39 heavy (non-hydrogen) atoms. The minimum Gasteiger partial charge on any atom is -0.478 e. The molecule has 0 atom stereocenters. The summed E-state index contributed by atoms with van der Waals surface area (Å²) in [5.74, 6) is -13.6. The first-order chi connectivity index (χ1) is 18.3. The van der Waals surface area contributed by atoms with E-state index in [2.05, 4.69) is 0 Å². The van der Waals surface area contributed by atoms with Gasteiger partial charge in [-0.05, 0) is 71.3 Å². The molecule has 0 saturated carbocycles. The van der Waals surface area contributed by atoms with Gasteiger partial charge in [0.1, 0.15) is 34.9 Å². The Morgan fingerprint density at radius 2 is 0.564 bits per heavy atom. The van der Waals surface area contributed by atoms with Gasteiger partial charge < -0.3 is 15.3 Å². The SMILES string of the molecule is O=C(O)c1cc(F)c(-c2cc(-c3c(F)cc(C(=O)O)cc3F)cc(-c3c(F)cc(C(=O)O)cc3F)c2)c(F)c1. The van der Waals surface area contributed by atoms with E-state index in [1.165, 1.54) is 0 Å². The van der Waals surface area contributed by atoms with Gasteiger partial charge in [-0.2, -0.15) is 0 Å². The summed E-state index contributed by atoms with van der Waals surface area (Å²) in [6, 6.07) is 5.27. The number of rotatable bonds is 6. The Bertz CT molecular complexity index is 1440. The van der Waals surface area contributed by atoms with E-state index < -0.39 is 103 Å². The van der Waals surface area contributed by atoms with E-state index in [9.17, 15) is 40.7 Å². The zero-order chi connectivity index (χ0) is 28.8. The maximum absolute atomic E-state index is 14.9. The minimum absolute atomic E-state index is 0.457. The molecule has 0 unspecified atom stereocenters. The Balaban J connectivity index is 2.07. The average molecular weight is 546 g/mol. The van der Waals surface area contributed by atoms with Gasteiger partial charge in [0.15, 0.2) is 0 Å². The van der Waals surface area contributed by atoms with Crippen molar-refractivity contribution in [3.63, 3.8) is 0 Å². The van der Waals surface area contributed by atoms with Crippen LogP contribution in [0.25, 0.3) is 33.4 Å². The predicted octanol–water partition coefficient (Wildman–Crippen LogP) is 6.62. The number of halogens is 6. The average Bonchev–Trinajstić information content (AvgIpc) is 2.82. The Hall–Kier alpha value is -5.13. The van der Waals surface area contributed by atoms with Gasteiger partial charge in [-0.3, -0.25) is 0 Å². The highest BCUT2D eigenvalue weighted by molar-refractivity contribution is 5.91. The van der Waals surface area contributed by atoms with Gasteiger partial charge in [0.05, 0.1) is 33.4 Å². The fourth-order valence-corrected chi connectivity index (χ4v) is 3.98. The van der Waals surface area contributed by atoms with Crippen molar-refractivity contribution in [2.75, 3.05) is 0 Å². The summed E-state index contributed by atoms with van der Waals surface area (Å²) >= 11 is 0. The van der Waals surface area contributed by atoms with Crippen LogP contribution in [-0.4, -0.2) is 33.2 Å². The second kappa shape index (κ2) is 9.97. The number of carbonyl (C=O) groups is 3. The summed E-state index contributed by atoms with van der Waals surface area (Å²) in [4.78, 5) is 33.4. The van der Waals surface area contributed by atoms with Gasteiger partial charge >= 0.3 is 17.9 Å². The van der Waals surface area contributed by atoms with Crippen molar-refractivity contribution >= 4 is 17.9 Å². The van der Waals surface area contributed by atoms with E-state index in [1.807, 2.05) is 0 Å². The molecule has 0 saturated heterocycles. The molecule has 0 aromatic heterocycles. The maximum atomic E-state index is 14.9. The monoisotopic (exact) mass is 546 g/mol. The van der Waals surface area contributed by atoms with Crippen molar-refractivity contribution in [1.82, 2.24) is 0 Å². The molecule has 3 N–H and O–H groups in total. The van der Waals surface area contributed by atoms with Crippen LogP contribution in [0.5, 0.6) is 0 Å². The van der Waals surface area contributed by atoms with Crippen molar-refractivity contribution in [3.05, 3.63) is 106 Å². The molecule has 0 aliphatic carbocycles. The summed E-state index contributed by atoms with van der Waals surface area (Å²) in [6.45, 7) is 0. The Morgan fingerprint density at radius 1 is 0.385 bits per heavy atom. The summed E-state index contributed by atoms with van der Waals surface area (Å²) in [7, 11) is 0. The third kappa shape index (κ3) is 5.04. The van der Waals surface area contributed by atoms with E-state index in [0.717, 1.165) is 18.2 Å². The number of benzene rings is 4. The molecule has 0 aliphatic heterocycles. The van der Waals surface area contributed by atoms with Crippen molar-refractivity contribution in [2.45, 2.75) is 0 Å². The van der Waals surface area contributed by atoms with E-state index in [-0.39, 0.29) is 0 Å². The highest BCUT2D eigenvalue weighted by atomic mass is 19.2. The van der Waals surface area contributed by atoms with Gasteiger partial charge in [-0.25, -0.2) is 40.7 Å². The first kappa shape index (κ1) is 26.9. The van der Waals surface area contributed by atoms with Crippen LogP contribution in [0.3, 0.4) is 0 Å². The van der Waals surface area contributed by atoms with E-state index in [0.29, 0.717) is 36.4 Å². The lowest BCUT2D eigenvalue weighted by Crippen LogP contribution is -2.03. The zero-order valence-electron chi connectivity index (χ0n) is 19.0. The molecule has 0 aliphatic rings. The van der Waals surface area contributed by atoms with Gasteiger partial charge in [0.2, 0.25) is 0 Å². The molecule has 6 nitrogen and oxygen atoms in total. The third-order valence-corrected chi connectivity index (χ3v) is 5.67. The van der Waals surface area contributed by atoms with Crippen LogP contribution in [0, 0.1) is 34.9 Å². The lowest BCUT2D eigenvalue weighted by molar-refractivity contribution is 0.0685. The van der Waals surface area contributed by atoms with Crippen LogP contribution >= 0.6 is 0 Å². The number of aromatic carboxylic acids is 3. The molecule has 0 amide bonds. The molecule has 4 rings (SSSR count). The standard InChI is InChI=1S/C27H12F6O6/c28-16-4-13(25(34)35)5-17(29)22(16)10-1-11(23-18(30)6-14(26(36)37)7-19(23)31)3-12(2-10)24-20(32)8-15(27(38)39)9-21(24)33/h1-9H,(H,34,35)(H,36,37)(H,38,39). The fourth-order valence-electron chi connectivity index (χ4n) is 3.98. The normalized spacial score (nSPS) is 10.9. The van der Waals surface area contributed by atoms with Gasteiger partial charge in [-0.1, -0.05) is 0 Å². The molecule has 12 heteroatoms. The summed E-state index contributed by atoms with van der Waals surface area (Å²) in [6.07, 6.45) is 0. The maximum Gasteiger partial charge on any atom is 0.335 e. The fraction of sp³-hybridized carbons (Fsp3) is 0. The minimum atomic E-state index is -1.67. The van der Waals surface area contributed by atoms with E-state index in [1.54, 1.807) is 0 Å². The number of carboxylic acids is 3. The molecule has 0 heterocycles. The van der Waals surface area contributed by atoms with Crippen molar-refractivity contribution in [3.8, 4) is 33.4 Å². The predicted molar refractivity (Wildman–Crippen MR) is 123 cm³/mol. The molecule has 0 fully saturated rings. The van der Waals surface area contributed by atoms with Gasteiger partial charge in [-0.15, -0.1) is 0 Å². The Kier molecular flexibility index (Phi) is 6.88. The topological polar surface area (TPSA) is 112 Å². The third-order valence-electron chi connectivity index (χ3n) is 5.67. The van der Waals surface area contributed by atoms with Crippen LogP contribution < -0.4 is 0 Å². The van der Waals surface area contributed by atoms with Crippen molar-refractivity contribution in [1.29, 1.82) is 0 Å². The second-order valence-electron chi connectivity index (χ2n) is 8.16. The van der Waals surface area contributed by atoms with Gasteiger partial charge in [0.25, 0.3) is 0 Å². The van der Waals surface area contributed by atoms with Crippen LogP contribution in [0.15, 0.2) is 54.6 Å². The first-order valence-electron chi connectivity index (χ1n) is 10.6. The molecule has 198 valence electrons. The largest absolute Gasteiger partial charge is 0.478 e. The quantitative estimate of drug-likeness (QED) is 0.235. The van der Waals surface area contributed by atoms with Gasteiger partial charge in [0, 0.05) is 0 Å². The lowest BCUT2D eigenvalue weighted by Gasteiger charge is -2.15. The van der Waals surface area contributed by atoms with Crippen LogP contribution in [0.1, 0.15) is 31.1 Å². The molecular weight excluding hydrogens is 534 g/mol. The number of hydrogen-bond acceptors (Lipinski definition) is 3. The zero-order valence-corrected chi connectivity index (χ0v) is 19.0. The van der Waals surface area contributed by atoms with Crippen LogP contribution in [0.4, 0.5) is 26.3 Å². The molecule has 0 bridgehead atoms. The lowest BCUT2D eigenvalue weighted by atomic mass is 9.91. The molecule has 4 aromatic rings. The van der Waals surface area contributed by atoms with Crippen LogP contribution in [-0.2, 0) is 0 Å².